The van der Waals surface area contributed by atoms with Crippen LogP contribution >= 0.6 is 0 Å². The number of hydrogen-bond donors (Lipinski definition) is 1. The van der Waals surface area contributed by atoms with E-state index in [-0.39, 0.29) is 0 Å². The van der Waals surface area contributed by atoms with Gasteiger partial charge in [0.2, 0.25) is 0 Å². The molecule has 16 heavy (non-hydrogen) atoms. The highest BCUT2D eigenvalue weighted by molar-refractivity contribution is 5.42. The van der Waals surface area contributed by atoms with Gasteiger partial charge in [-0.2, -0.15) is 0 Å². The molecule has 0 saturated carbocycles. The van der Waals surface area contributed by atoms with Crippen LogP contribution in [0.4, 0.5) is 0 Å². The Labute approximate surface area is 98.1 Å². The second kappa shape index (κ2) is 7.25. The van der Waals surface area contributed by atoms with Crippen molar-refractivity contribution in [3.63, 3.8) is 0 Å². The molecule has 0 aliphatic carbocycles. The molecule has 3 heteroatoms. The van der Waals surface area contributed by atoms with Crippen molar-refractivity contribution >= 4 is 6.08 Å². The van der Waals surface area contributed by atoms with E-state index in [2.05, 4.69) is 37.2 Å². The molecule has 90 valence electrons. The van der Waals surface area contributed by atoms with Crippen molar-refractivity contribution < 1.29 is 4.42 Å². The summed E-state index contributed by atoms with van der Waals surface area (Å²) >= 11 is 0. The first kappa shape index (κ1) is 13.0. The van der Waals surface area contributed by atoms with E-state index in [1.54, 1.807) is 6.26 Å². The summed E-state index contributed by atoms with van der Waals surface area (Å²) in [6, 6.07) is 4.45. The maximum absolute atomic E-state index is 5.19. The van der Waals surface area contributed by atoms with Crippen LogP contribution in [0, 0.1) is 0 Å². The minimum atomic E-state index is 0.612. The average molecular weight is 222 g/mol. The van der Waals surface area contributed by atoms with Crippen molar-refractivity contribution in [1.29, 1.82) is 0 Å². The topological polar surface area (TPSA) is 28.4 Å². The standard InChI is InChI=1S/C13H22N2O/c1-12(2)15(3)10-9-14-8-4-6-13-7-5-11-16-13/h4-7,11-12,14H,8-10H2,1-3H3/b6-4+. The number of likely N-dealkylation sites (N-methyl/N-ethyl adjacent to an activating group) is 1. The first-order valence-electron chi connectivity index (χ1n) is 5.81. The Morgan fingerprint density at radius 2 is 2.31 bits per heavy atom. The van der Waals surface area contributed by atoms with Crippen LogP contribution in [-0.2, 0) is 0 Å². The highest BCUT2D eigenvalue weighted by atomic mass is 16.3. The summed E-state index contributed by atoms with van der Waals surface area (Å²) in [4.78, 5) is 2.32. The molecule has 1 aromatic rings. The summed E-state index contributed by atoms with van der Waals surface area (Å²) in [6.07, 6.45) is 5.75. The third kappa shape index (κ3) is 5.14. The van der Waals surface area contributed by atoms with Crippen LogP contribution in [0.3, 0.4) is 0 Å². The second-order valence-electron chi connectivity index (χ2n) is 4.20. The van der Waals surface area contributed by atoms with Gasteiger partial charge >= 0.3 is 0 Å². The lowest BCUT2D eigenvalue weighted by Gasteiger charge is -2.20. The van der Waals surface area contributed by atoms with Crippen LogP contribution in [0.25, 0.3) is 6.08 Å². The summed E-state index contributed by atoms with van der Waals surface area (Å²) < 4.78 is 5.19. The molecule has 0 aromatic carbocycles. The molecule has 0 unspecified atom stereocenters. The van der Waals surface area contributed by atoms with Crippen LogP contribution in [0.1, 0.15) is 19.6 Å². The number of nitrogens with zero attached hydrogens (tertiary/aromatic N) is 1. The lowest BCUT2D eigenvalue weighted by atomic mass is 10.3. The smallest absolute Gasteiger partial charge is 0.126 e. The van der Waals surface area contributed by atoms with Crippen molar-refractivity contribution in [2.75, 3.05) is 26.7 Å². The molecule has 1 heterocycles. The van der Waals surface area contributed by atoms with Gasteiger partial charge in [-0.15, -0.1) is 0 Å². The Hall–Kier alpha value is -1.06. The number of rotatable bonds is 7. The van der Waals surface area contributed by atoms with Gasteiger partial charge in [-0.25, -0.2) is 0 Å². The summed E-state index contributed by atoms with van der Waals surface area (Å²) in [5, 5.41) is 3.36. The zero-order valence-electron chi connectivity index (χ0n) is 10.4. The van der Waals surface area contributed by atoms with Crippen LogP contribution in [0.2, 0.25) is 0 Å². The van der Waals surface area contributed by atoms with Crippen LogP contribution in [0.5, 0.6) is 0 Å². The summed E-state index contributed by atoms with van der Waals surface area (Å²) in [6.45, 7) is 7.38. The van der Waals surface area contributed by atoms with Crippen molar-refractivity contribution in [1.82, 2.24) is 10.2 Å². The first-order chi connectivity index (χ1) is 7.70. The van der Waals surface area contributed by atoms with E-state index in [9.17, 15) is 0 Å². The van der Waals surface area contributed by atoms with Gasteiger partial charge < -0.3 is 14.6 Å². The molecule has 0 spiro atoms. The molecule has 0 radical (unpaired) electrons. The maximum atomic E-state index is 5.19. The fourth-order valence-corrected chi connectivity index (χ4v) is 1.26. The van der Waals surface area contributed by atoms with E-state index in [0.717, 1.165) is 25.4 Å². The summed E-state index contributed by atoms with van der Waals surface area (Å²) in [5.41, 5.74) is 0. The fraction of sp³-hybridized carbons (Fsp3) is 0.538. The number of furan rings is 1. The van der Waals surface area contributed by atoms with E-state index >= 15 is 0 Å². The van der Waals surface area contributed by atoms with E-state index in [4.69, 9.17) is 4.42 Å². The van der Waals surface area contributed by atoms with Gasteiger partial charge in [0.1, 0.15) is 5.76 Å². The average Bonchev–Trinajstić information content (AvgIpc) is 2.75. The Kier molecular flexibility index (Phi) is 5.90. The second-order valence-corrected chi connectivity index (χ2v) is 4.20. The van der Waals surface area contributed by atoms with Crippen molar-refractivity contribution in [2.24, 2.45) is 0 Å². The largest absolute Gasteiger partial charge is 0.465 e. The van der Waals surface area contributed by atoms with Gasteiger partial charge in [-0.1, -0.05) is 6.08 Å². The first-order valence-corrected chi connectivity index (χ1v) is 5.81. The highest BCUT2D eigenvalue weighted by Gasteiger charge is 2.00. The molecule has 0 fully saturated rings. The SMILES string of the molecule is CC(C)N(C)CCNC/C=C/c1ccco1. The molecule has 1 aromatic heterocycles. The normalized spacial score (nSPS) is 12.1. The predicted octanol–water partition coefficient (Wildman–Crippen LogP) is 2.22. The van der Waals surface area contributed by atoms with E-state index < -0.39 is 0 Å². The molecule has 1 N–H and O–H groups in total. The molecular weight excluding hydrogens is 200 g/mol. The minimum Gasteiger partial charge on any atom is -0.465 e. The lowest BCUT2D eigenvalue weighted by Crippen LogP contribution is -2.33. The van der Waals surface area contributed by atoms with Crippen LogP contribution in [0.15, 0.2) is 28.9 Å². The summed E-state index contributed by atoms with van der Waals surface area (Å²) in [5.74, 6) is 0.904. The Balaban J connectivity index is 2.04. The zero-order chi connectivity index (χ0) is 11.8. The predicted molar refractivity (Wildman–Crippen MR) is 68.4 cm³/mol. The Morgan fingerprint density at radius 3 is 2.94 bits per heavy atom. The van der Waals surface area contributed by atoms with E-state index in [0.29, 0.717) is 6.04 Å². The van der Waals surface area contributed by atoms with Crippen molar-refractivity contribution in [3.05, 3.63) is 30.2 Å². The molecule has 3 nitrogen and oxygen atoms in total. The third-order valence-corrected chi connectivity index (χ3v) is 2.61. The molecule has 0 bridgehead atoms. The van der Waals surface area contributed by atoms with Crippen molar-refractivity contribution in [2.45, 2.75) is 19.9 Å². The number of hydrogen-bond acceptors (Lipinski definition) is 3. The number of nitrogens with one attached hydrogen (secondary N) is 1. The summed E-state index contributed by atoms with van der Waals surface area (Å²) in [7, 11) is 2.14. The fourth-order valence-electron chi connectivity index (χ4n) is 1.26. The van der Waals surface area contributed by atoms with E-state index in [1.165, 1.54) is 0 Å². The molecule has 0 aliphatic heterocycles. The van der Waals surface area contributed by atoms with Gasteiger partial charge in [-0.3, -0.25) is 0 Å². The third-order valence-electron chi connectivity index (χ3n) is 2.61. The molecule has 0 amide bonds. The Morgan fingerprint density at radius 1 is 1.50 bits per heavy atom. The van der Waals surface area contributed by atoms with E-state index in [1.807, 2.05) is 18.2 Å². The maximum Gasteiger partial charge on any atom is 0.126 e. The monoisotopic (exact) mass is 222 g/mol. The molecule has 0 aliphatic rings. The van der Waals surface area contributed by atoms with Gasteiger partial charge in [0.15, 0.2) is 0 Å². The molecular formula is C13H22N2O. The molecule has 0 saturated heterocycles. The van der Waals surface area contributed by atoms with Gasteiger partial charge in [-0.05, 0) is 39.1 Å². The lowest BCUT2D eigenvalue weighted by molar-refractivity contribution is 0.275. The van der Waals surface area contributed by atoms with Gasteiger partial charge in [0, 0.05) is 25.7 Å². The van der Waals surface area contributed by atoms with Gasteiger partial charge in [0.25, 0.3) is 0 Å². The van der Waals surface area contributed by atoms with Crippen LogP contribution < -0.4 is 5.32 Å². The van der Waals surface area contributed by atoms with Crippen LogP contribution in [-0.4, -0.2) is 37.6 Å². The molecule has 1 rings (SSSR count). The quantitative estimate of drug-likeness (QED) is 0.717. The van der Waals surface area contributed by atoms with Crippen molar-refractivity contribution in [3.8, 4) is 0 Å². The molecule has 0 atom stereocenters. The van der Waals surface area contributed by atoms with Gasteiger partial charge in [0.05, 0.1) is 6.26 Å². The Bertz CT molecular complexity index is 291. The highest BCUT2D eigenvalue weighted by Crippen LogP contribution is 2.01. The minimum absolute atomic E-state index is 0.612. The zero-order valence-corrected chi connectivity index (χ0v) is 10.4.